The van der Waals surface area contributed by atoms with E-state index in [4.69, 9.17) is 27.7 Å². The Hall–Kier alpha value is -5.31. The molecule has 4 aromatic carbocycles. The lowest BCUT2D eigenvalue weighted by atomic mass is 9.98. The fourth-order valence-electron chi connectivity index (χ4n) is 6.05. The van der Waals surface area contributed by atoms with Crippen LogP contribution in [0.1, 0.15) is 37.3 Å². The van der Waals surface area contributed by atoms with Gasteiger partial charge in [0.15, 0.2) is 11.9 Å². The van der Waals surface area contributed by atoms with E-state index in [9.17, 15) is 0 Å². The zero-order valence-corrected chi connectivity index (χ0v) is 26.5. The van der Waals surface area contributed by atoms with Crippen molar-refractivity contribution < 1.29 is 0 Å². The predicted octanol–water partition coefficient (Wildman–Crippen LogP) is 5.94. The van der Waals surface area contributed by atoms with Gasteiger partial charge in [0.25, 0.3) is 0 Å². The van der Waals surface area contributed by atoms with Crippen molar-refractivity contribution >= 4 is 39.6 Å². The van der Waals surface area contributed by atoms with Crippen LogP contribution in [-0.2, 0) is 19.4 Å². The van der Waals surface area contributed by atoms with Crippen molar-refractivity contribution in [2.75, 3.05) is 19.6 Å². The number of aromatic nitrogens is 1. The summed E-state index contributed by atoms with van der Waals surface area (Å²) in [6.45, 7) is 4.67. The van der Waals surface area contributed by atoms with Crippen LogP contribution in [0.25, 0.3) is 44.1 Å². The second kappa shape index (κ2) is 15.1. The summed E-state index contributed by atoms with van der Waals surface area (Å²) in [5.74, 6) is 0.506. The lowest BCUT2D eigenvalue weighted by Gasteiger charge is -2.11. The third kappa shape index (κ3) is 8.24. The first-order valence-electron chi connectivity index (χ1n) is 16.0. The summed E-state index contributed by atoms with van der Waals surface area (Å²) in [6.07, 6.45) is 4.57. The van der Waals surface area contributed by atoms with Crippen LogP contribution in [-0.4, -0.2) is 42.0 Å². The molecule has 46 heavy (non-hydrogen) atoms. The molecule has 0 amide bonds. The fraction of sp³-hybridized carbons (Fsp3) is 0.270. The number of nitrogens with zero attached hydrogens (tertiary/aromatic N) is 1. The lowest BCUT2D eigenvalue weighted by molar-refractivity contribution is 0.659. The van der Waals surface area contributed by atoms with Gasteiger partial charge in [0.05, 0.1) is 5.84 Å². The number of nitrogens with two attached hydrogens (primary N) is 2. The van der Waals surface area contributed by atoms with Crippen molar-refractivity contribution in [2.24, 2.45) is 11.5 Å². The summed E-state index contributed by atoms with van der Waals surface area (Å²) in [5, 5.41) is 33.9. The molecule has 9 heteroatoms. The number of aryl methyl sites for hydroxylation is 3. The van der Waals surface area contributed by atoms with E-state index in [0.717, 1.165) is 45.2 Å². The van der Waals surface area contributed by atoms with Gasteiger partial charge in [-0.15, -0.1) is 0 Å². The predicted molar refractivity (Wildman–Crippen MR) is 193 cm³/mol. The molecule has 0 aliphatic rings. The van der Waals surface area contributed by atoms with Crippen LogP contribution in [0.3, 0.4) is 0 Å². The smallest absolute Gasteiger partial charge is 0.185 e. The summed E-state index contributed by atoms with van der Waals surface area (Å²) in [5.41, 5.74) is 20.6. The van der Waals surface area contributed by atoms with E-state index in [0.29, 0.717) is 18.9 Å². The molecule has 10 N–H and O–H groups in total. The van der Waals surface area contributed by atoms with Gasteiger partial charge in [0.1, 0.15) is 0 Å². The topological polar surface area (TPSA) is 165 Å². The van der Waals surface area contributed by atoms with Crippen molar-refractivity contribution in [3.63, 3.8) is 0 Å². The highest BCUT2D eigenvalue weighted by atomic mass is 15.0. The largest absolute Gasteiger partial charge is 0.374 e. The van der Waals surface area contributed by atoms with Crippen molar-refractivity contribution in [3.8, 4) is 22.3 Å². The SMILES string of the molecule is CC(=N)NCCCc1cccc(-c2ccc3c4ccc(-c5cccc(CCCNC(=N)N)c5)cc4n(CCCNC(=N)N)c3c2)c1. The Kier molecular flexibility index (Phi) is 10.5. The maximum Gasteiger partial charge on any atom is 0.185 e. The third-order valence-electron chi connectivity index (χ3n) is 8.25. The van der Waals surface area contributed by atoms with E-state index in [2.05, 4.69) is 105 Å². The number of guanidine groups is 2. The van der Waals surface area contributed by atoms with Gasteiger partial charge in [-0.25, -0.2) is 0 Å². The Balaban J connectivity index is 1.47. The highest BCUT2D eigenvalue weighted by Crippen LogP contribution is 2.35. The molecule has 5 aromatic rings. The molecule has 1 aromatic heterocycles. The second-order valence-corrected chi connectivity index (χ2v) is 11.8. The molecule has 0 saturated heterocycles. The highest BCUT2D eigenvalue weighted by molar-refractivity contribution is 6.10. The molecule has 0 aliphatic carbocycles. The molecule has 0 spiro atoms. The van der Waals surface area contributed by atoms with Gasteiger partial charge in [-0.05, 0) is 84.5 Å². The molecule has 0 atom stereocenters. The minimum absolute atomic E-state index is 0.00706. The molecule has 0 bridgehead atoms. The summed E-state index contributed by atoms with van der Waals surface area (Å²) in [6, 6.07) is 31.0. The maximum absolute atomic E-state index is 7.58. The molecule has 0 radical (unpaired) electrons. The number of benzene rings is 4. The number of amidine groups is 1. The van der Waals surface area contributed by atoms with Crippen LogP contribution in [0.5, 0.6) is 0 Å². The highest BCUT2D eigenvalue weighted by Gasteiger charge is 2.14. The Bertz CT molecular complexity index is 1730. The van der Waals surface area contributed by atoms with E-state index in [1.807, 2.05) is 0 Å². The van der Waals surface area contributed by atoms with Gasteiger partial charge in [-0.1, -0.05) is 72.8 Å². The zero-order chi connectivity index (χ0) is 32.5. The molecular weight excluding hydrogens is 570 g/mol. The minimum Gasteiger partial charge on any atom is -0.374 e. The van der Waals surface area contributed by atoms with E-state index >= 15 is 0 Å². The molecule has 0 unspecified atom stereocenters. The summed E-state index contributed by atoms with van der Waals surface area (Å²) < 4.78 is 2.41. The molecule has 5 rings (SSSR count). The number of nitrogens with one attached hydrogen (secondary N) is 6. The average molecular weight is 616 g/mol. The monoisotopic (exact) mass is 615 g/mol. The first-order chi connectivity index (χ1) is 22.3. The molecule has 238 valence electrons. The van der Waals surface area contributed by atoms with Crippen LogP contribution < -0.4 is 27.4 Å². The van der Waals surface area contributed by atoms with Crippen molar-refractivity contribution in [3.05, 3.63) is 96.1 Å². The van der Waals surface area contributed by atoms with Gasteiger partial charge in [0.2, 0.25) is 0 Å². The number of fused-ring (bicyclic) bond motifs is 3. The van der Waals surface area contributed by atoms with Gasteiger partial charge in [0, 0.05) is 48.0 Å². The van der Waals surface area contributed by atoms with Gasteiger partial charge in [-0.3, -0.25) is 16.2 Å². The Morgan fingerprint density at radius 3 is 1.52 bits per heavy atom. The van der Waals surface area contributed by atoms with E-state index in [1.165, 1.54) is 55.2 Å². The number of rotatable bonds is 14. The minimum atomic E-state index is -0.00706. The van der Waals surface area contributed by atoms with Crippen molar-refractivity contribution in [1.29, 1.82) is 16.2 Å². The van der Waals surface area contributed by atoms with Crippen LogP contribution in [0.4, 0.5) is 0 Å². The summed E-state index contributed by atoms with van der Waals surface area (Å²) in [4.78, 5) is 0. The molecular formula is C37H45N9. The van der Waals surface area contributed by atoms with Crippen LogP contribution in [0.2, 0.25) is 0 Å². The van der Waals surface area contributed by atoms with Crippen LogP contribution in [0.15, 0.2) is 84.9 Å². The van der Waals surface area contributed by atoms with Crippen LogP contribution >= 0.6 is 0 Å². The van der Waals surface area contributed by atoms with Crippen LogP contribution in [0, 0.1) is 16.2 Å². The van der Waals surface area contributed by atoms with Gasteiger partial charge >= 0.3 is 0 Å². The van der Waals surface area contributed by atoms with Crippen molar-refractivity contribution in [2.45, 2.75) is 45.6 Å². The Morgan fingerprint density at radius 2 is 1.04 bits per heavy atom. The normalized spacial score (nSPS) is 11.1. The molecule has 0 aliphatic heterocycles. The average Bonchev–Trinajstić information content (AvgIpc) is 3.35. The number of hydrogen-bond donors (Lipinski definition) is 8. The summed E-state index contributed by atoms with van der Waals surface area (Å²) >= 11 is 0. The number of hydrogen-bond acceptors (Lipinski definition) is 3. The Labute approximate surface area is 270 Å². The summed E-state index contributed by atoms with van der Waals surface area (Å²) in [7, 11) is 0. The molecule has 9 nitrogen and oxygen atoms in total. The fourth-order valence-corrected chi connectivity index (χ4v) is 6.05. The van der Waals surface area contributed by atoms with E-state index in [-0.39, 0.29) is 11.9 Å². The van der Waals surface area contributed by atoms with Gasteiger partial charge < -0.3 is 32.0 Å². The lowest BCUT2D eigenvalue weighted by Crippen LogP contribution is -2.31. The maximum atomic E-state index is 7.58. The zero-order valence-electron chi connectivity index (χ0n) is 26.5. The molecule has 0 fully saturated rings. The standard InChI is InChI=1S/C37H45N9/c1-25(38)43-17-4-9-26-7-2-11-28(21-26)30-13-15-32-33-16-14-31(29-12-3-8-27(22-29)10-5-18-44-36(39)40)24-35(33)46(34(32)23-30)20-6-19-45-37(41)42/h2-3,7-8,11-16,21-24H,4-6,9-10,17-20H2,1H3,(H2,38,43)(H4,39,40,44)(H4,41,42,45). The Morgan fingerprint density at radius 1 is 0.587 bits per heavy atom. The molecule has 0 saturated carbocycles. The third-order valence-corrected chi connectivity index (χ3v) is 8.25. The second-order valence-electron chi connectivity index (χ2n) is 11.8. The van der Waals surface area contributed by atoms with E-state index < -0.39 is 0 Å². The molecule has 1 heterocycles. The first kappa shape index (κ1) is 32.1. The van der Waals surface area contributed by atoms with Crippen molar-refractivity contribution in [1.82, 2.24) is 20.5 Å². The van der Waals surface area contributed by atoms with Gasteiger partial charge in [-0.2, -0.15) is 0 Å². The first-order valence-corrected chi connectivity index (χ1v) is 16.0. The van der Waals surface area contributed by atoms with E-state index in [1.54, 1.807) is 6.92 Å². The quantitative estimate of drug-likeness (QED) is 0.0440.